The van der Waals surface area contributed by atoms with Gasteiger partial charge in [0.25, 0.3) is 0 Å². The van der Waals surface area contributed by atoms with Crippen LogP contribution in [-0.2, 0) is 19.2 Å². The third kappa shape index (κ3) is 13.9. The molecule has 31 heavy (non-hydrogen) atoms. The van der Waals surface area contributed by atoms with E-state index in [1.54, 1.807) is 0 Å². The third-order valence-electron chi connectivity index (χ3n) is 3.40. The van der Waals surface area contributed by atoms with Crippen LogP contribution >= 0.6 is 0 Å². The minimum Gasteiger partial charge on any atom is -0.222 e. The van der Waals surface area contributed by atoms with Crippen LogP contribution in [0.25, 0.3) is 0 Å². The van der Waals surface area contributed by atoms with Crippen molar-refractivity contribution in [3.05, 3.63) is 108 Å². The fourth-order valence-corrected chi connectivity index (χ4v) is 2.51. The fraction of sp³-hybridized carbons (Fsp3) is 0.0435. The van der Waals surface area contributed by atoms with E-state index in [1.807, 2.05) is 0 Å². The van der Waals surface area contributed by atoms with E-state index >= 15 is 0 Å². The summed E-state index contributed by atoms with van der Waals surface area (Å²) in [5.41, 5.74) is 4.00. The quantitative estimate of drug-likeness (QED) is 0.281. The van der Waals surface area contributed by atoms with Crippen molar-refractivity contribution < 1.29 is 19.2 Å². The molecule has 0 aromatic heterocycles. The molecule has 0 atom stereocenters. The molecule has 0 bridgehead atoms. The van der Waals surface area contributed by atoms with E-state index in [-0.39, 0.29) is 0 Å². The molecule has 4 N–H and O–H groups in total. The topological polar surface area (TPSA) is 164 Å². The van der Waals surface area contributed by atoms with Crippen LogP contribution < -0.4 is 0 Å². The average molecular weight is 416 g/mol. The first-order valence-electron chi connectivity index (χ1n) is 8.41. The molecule has 0 aliphatic rings. The number of hydrogen-bond acceptors (Lipinski definition) is 8. The van der Waals surface area contributed by atoms with Gasteiger partial charge in [-0.3, -0.25) is 0 Å². The lowest BCUT2D eigenvalue weighted by Crippen LogP contribution is -2.02. The molecule has 3 aromatic carbocycles. The standard InChI is InChI=1S/C19H16.4CHNO/c1-4-10-16(11-5-1)19(17-12-6-2-7-13-17)18-14-8-3-9-15-18;4*2-1-3/h1-15,19H;4*2H. The Morgan fingerprint density at radius 3 is 0.742 bits per heavy atom. The lowest BCUT2D eigenvalue weighted by molar-refractivity contribution is 0.562. The van der Waals surface area contributed by atoms with Crippen LogP contribution in [0.2, 0.25) is 0 Å². The van der Waals surface area contributed by atoms with Gasteiger partial charge in [-0.25, -0.2) is 40.8 Å². The second kappa shape index (κ2) is 21.5. The van der Waals surface area contributed by atoms with Gasteiger partial charge >= 0.3 is 0 Å². The molecule has 8 nitrogen and oxygen atoms in total. The van der Waals surface area contributed by atoms with Gasteiger partial charge in [0.15, 0.2) is 0 Å². The molecule has 0 radical (unpaired) electrons. The third-order valence-corrected chi connectivity index (χ3v) is 3.40. The highest BCUT2D eigenvalue weighted by atomic mass is 16.1. The molecule has 3 aromatic rings. The Kier molecular flexibility index (Phi) is 19.7. The van der Waals surface area contributed by atoms with Crippen molar-refractivity contribution >= 4 is 24.3 Å². The molecule has 0 aliphatic heterocycles. The Bertz CT molecular complexity index is 828. The van der Waals surface area contributed by atoms with Crippen LogP contribution in [0, 0.1) is 21.6 Å². The summed E-state index contributed by atoms with van der Waals surface area (Å²) in [6.07, 6.45) is 3.00. The maximum atomic E-state index is 8.35. The number of isocyanates is 4. The molecule has 0 unspecified atom stereocenters. The average Bonchev–Trinajstić information content (AvgIpc) is 2.79. The van der Waals surface area contributed by atoms with Crippen molar-refractivity contribution in [3.8, 4) is 0 Å². The zero-order chi connectivity index (χ0) is 23.7. The summed E-state index contributed by atoms with van der Waals surface area (Å²) in [4.78, 5) is 33.4. The van der Waals surface area contributed by atoms with Crippen LogP contribution in [0.15, 0.2) is 91.0 Å². The highest BCUT2D eigenvalue weighted by Crippen LogP contribution is 2.31. The van der Waals surface area contributed by atoms with E-state index in [4.69, 9.17) is 40.8 Å². The highest BCUT2D eigenvalue weighted by Gasteiger charge is 2.15. The molecule has 0 saturated heterocycles. The molecule has 0 aliphatic carbocycles. The summed E-state index contributed by atoms with van der Waals surface area (Å²) in [6, 6.07) is 32.0. The molecule has 3 rings (SSSR count). The zero-order valence-corrected chi connectivity index (χ0v) is 16.4. The van der Waals surface area contributed by atoms with Gasteiger partial charge in [0.1, 0.15) is 0 Å². The maximum absolute atomic E-state index is 8.35. The predicted molar refractivity (Wildman–Crippen MR) is 114 cm³/mol. The molecular weight excluding hydrogens is 396 g/mol. The molecule has 156 valence electrons. The molecule has 0 amide bonds. The van der Waals surface area contributed by atoms with E-state index in [0.29, 0.717) is 5.92 Å². The van der Waals surface area contributed by atoms with E-state index in [1.165, 1.54) is 16.7 Å². The SMILES string of the molecule is N=C=O.N=C=O.N=C=O.N=C=O.c1ccc(C(c2ccccc2)c2ccccc2)cc1. The van der Waals surface area contributed by atoms with Gasteiger partial charge in [0.05, 0.1) is 0 Å². The second-order valence-electron chi connectivity index (χ2n) is 5.07. The van der Waals surface area contributed by atoms with Gasteiger partial charge in [0.2, 0.25) is 24.3 Å². The summed E-state index contributed by atoms with van der Waals surface area (Å²) in [6.45, 7) is 0. The molecule has 0 heterocycles. The predicted octanol–water partition coefficient (Wildman–Crippen LogP) is 4.47. The summed E-state index contributed by atoms with van der Waals surface area (Å²) in [5.74, 6) is 0.309. The molecule has 0 spiro atoms. The van der Waals surface area contributed by atoms with E-state index < -0.39 is 0 Å². The lowest BCUT2D eigenvalue weighted by atomic mass is 9.85. The largest absolute Gasteiger partial charge is 0.231 e. The number of hydrogen-bond donors (Lipinski definition) is 4. The Morgan fingerprint density at radius 1 is 0.419 bits per heavy atom. The Balaban J connectivity index is 0. The first-order chi connectivity index (χ1) is 15.1. The van der Waals surface area contributed by atoms with Crippen molar-refractivity contribution in [1.29, 1.82) is 21.6 Å². The summed E-state index contributed by atoms with van der Waals surface area (Å²) >= 11 is 0. The number of carbonyl (C=O) groups excluding carboxylic acids is 4. The van der Waals surface area contributed by atoms with E-state index in [0.717, 1.165) is 24.3 Å². The first-order valence-corrected chi connectivity index (χ1v) is 8.41. The maximum Gasteiger partial charge on any atom is 0.231 e. The molecule has 8 heteroatoms. The lowest BCUT2D eigenvalue weighted by Gasteiger charge is -2.18. The molecule has 0 saturated carbocycles. The number of nitrogens with one attached hydrogen (secondary N) is 4. The van der Waals surface area contributed by atoms with Crippen LogP contribution in [0.4, 0.5) is 0 Å². The summed E-state index contributed by atoms with van der Waals surface area (Å²) in [7, 11) is 0. The first kappa shape index (κ1) is 28.4. The summed E-state index contributed by atoms with van der Waals surface area (Å²) in [5, 5.41) is 21.6. The van der Waals surface area contributed by atoms with Crippen LogP contribution in [0.5, 0.6) is 0 Å². The molecule has 0 fully saturated rings. The highest BCUT2D eigenvalue weighted by molar-refractivity contribution is 5.42. The van der Waals surface area contributed by atoms with Crippen molar-refractivity contribution in [2.45, 2.75) is 5.92 Å². The van der Waals surface area contributed by atoms with E-state index in [2.05, 4.69) is 91.0 Å². The van der Waals surface area contributed by atoms with Gasteiger partial charge in [-0.15, -0.1) is 0 Å². The fourth-order valence-electron chi connectivity index (χ4n) is 2.51. The molecular formula is C23H20N4O4. The van der Waals surface area contributed by atoms with Crippen molar-refractivity contribution in [1.82, 2.24) is 0 Å². The monoisotopic (exact) mass is 416 g/mol. The normalized spacial score (nSPS) is 7.52. The second-order valence-corrected chi connectivity index (χ2v) is 5.07. The van der Waals surface area contributed by atoms with Gasteiger partial charge in [-0.1, -0.05) is 91.0 Å². The van der Waals surface area contributed by atoms with Crippen LogP contribution in [-0.4, -0.2) is 24.3 Å². The van der Waals surface area contributed by atoms with E-state index in [9.17, 15) is 0 Å². The van der Waals surface area contributed by atoms with Crippen molar-refractivity contribution in [2.75, 3.05) is 0 Å². The van der Waals surface area contributed by atoms with Crippen LogP contribution in [0.3, 0.4) is 0 Å². The number of benzene rings is 3. The zero-order valence-electron chi connectivity index (χ0n) is 16.4. The smallest absolute Gasteiger partial charge is 0.222 e. The van der Waals surface area contributed by atoms with Crippen LogP contribution in [0.1, 0.15) is 22.6 Å². The number of rotatable bonds is 3. The minimum absolute atomic E-state index is 0.309. The van der Waals surface area contributed by atoms with Crippen molar-refractivity contribution in [3.63, 3.8) is 0 Å². The van der Waals surface area contributed by atoms with Gasteiger partial charge in [-0.05, 0) is 16.7 Å². The minimum atomic E-state index is 0.309. The van der Waals surface area contributed by atoms with Crippen molar-refractivity contribution in [2.24, 2.45) is 0 Å². The Labute approximate surface area is 179 Å². The van der Waals surface area contributed by atoms with Gasteiger partial charge in [-0.2, -0.15) is 0 Å². The Hall–Kier alpha value is -4.82. The Morgan fingerprint density at radius 2 is 0.581 bits per heavy atom. The van der Waals surface area contributed by atoms with Gasteiger partial charge < -0.3 is 0 Å². The van der Waals surface area contributed by atoms with Gasteiger partial charge in [0, 0.05) is 5.92 Å². The summed E-state index contributed by atoms with van der Waals surface area (Å²) < 4.78 is 0.